The Morgan fingerprint density at radius 1 is 1.06 bits per heavy atom. The second-order valence-electron chi connectivity index (χ2n) is 3.91. The van der Waals surface area contributed by atoms with Crippen LogP contribution in [0.5, 0.6) is 0 Å². The molecule has 16 heavy (non-hydrogen) atoms. The number of rotatable bonds is 1. The van der Waals surface area contributed by atoms with Gasteiger partial charge in [0.25, 0.3) is 0 Å². The summed E-state index contributed by atoms with van der Waals surface area (Å²) in [6, 6.07) is 6.54. The lowest BCUT2D eigenvalue weighted by Gasteiger charge is -2.34. The molecule has 0 amide bonds. The van der Waals surface area contributed by atoms with Gasteiger partial charge in [0.05, 0.1) is 0 Å². The topological polar surface area (TPSA) is 38.0 Å². The molecule has 0 atom stereocenters. The first-order chi connectivity index (χ1) is 6.71. The fourth-order valence-electron chi connectivity index (χ4n) is 1.94. The average molecular weight is 267 g/mol. The number of hydrogen-bond acceptors (Lipinski definition) is 2. The summed E-state index contributed by atoms with van der Waals surface area (Å²) in [6.07, 6.45) is 1.83. The lowest BCUT2D eigenvalue weighted by Crippen LogP contribution is -2.46. The van der Waals surface area contributed by atoms with E-state index in [0.717, 1.165) is 31.5 Å². The van der Waals surface area contributed by atoms with Crippen LogP contribution in [-0.4, -0.2) is 13.1 Å². The van der Waals surface area contributed by atoms with Gasteiger partial charge in [0.15, 0.2) is 0 Å². The van der Waals surface area contributed by atoms with Gasteiger partial charge < -0.3 is 11.1 Å². The van der Waals surface area contributed by atoms with E-state index in [0.29, 0.717) is 0 Å². The monoisotopic (exact) mass is 266 g/mol. The molecular weight excluding hydrogens is 250 g/mol. The van der Waals surface area contributed by atoms with E-state index in [9.17, 15) is 4.39 Å². The zero-order valence-electron chi connectivity index (χ0n) is 8.91. The molecule has 0 radical (unpaired) electrons. The van der Waals surface area contributed by atoms with Crippen LogP contribution in [0.1, 0.15) is 18.4 Å². The molecule has 0 aliphatic carbocycles. The summed E-state index contributed by atoms with van der Waals surface area (Å²) < 4.78 is 12.7. The number of piperidine rings is 1. The first-order valence-electron chi connectivity index (χ1n) is 4.96. The van der Waals surface area contributed by atoms with Crippen molar-refractivity contribution in [1.29, 1.82) is 0 Å². The van der Waals surface area contributed by atoms with Crippen molar-refractivity contribution < 1.29 is 4.39 Å². The highest BCUT2D eigenvalue weighted by molar-refractivity contribution is 5.85. The van der Waals surface area contributed by atoms with Crippen molar-refractivity contribution in [3.05, 3.63) is 35.6 Å². The van der Waals surface area contributed by atoms with E-state index >= 15 is 0 Å². The second kappa shape index (κ2) is 6.40. The molecule has 2 nitrogen and oxygen atoms in total. The largest absolute Gasteiger partial charge is 0.321 e. The van der Waals surface area contributed by atoms with Crippen molar-refractivity contribution >= 4 is 24.8 Å². The molecule has 1 aliphatic heterocycles. The van der Waals surface area contributed by atoms with Crippen LogP contribution in [0.4, 0.5) is 4.39 Å². The fraction of sp³-hybridized carbons (Fsp3) is 0.455. The molecule has 5 heteroatoms. The number of halogens is 3. The van der Waals surface area contributed by atoms with Gasteiger partial charge in [-0.2, -0.15) is 0 Å². The average Bonchev–Trinajstić information content (AvgIpc) is 2.19. The molecule has 1 heterocycles. The molecular formula is C11H17Cl2FN2. The highest BCUT2D eigenvalue weighted by Crippen LogP contribution is 2.27. The summed E-state index contributed by atoms with van der Waals surface area (Å²) in [5.41, 5.74) is 7.05. The molecule has 0 unspecified atom stereocenters. The van der Waals surface area contributed by atoms with Crippen LogP contribution in [0.25, 0.3) is 0 Å². The predicted octanol–water partition coefficient (Wildman–Crippen LogP) is 2.21. The fourth-order valence-corrected chi connectivity index (χ4v) is 1.94. The van der Waals surface area contributed by atoms with Gasteiger partial charge in [-0.05, 0) is 43.6 Å². The SMILES string of the molecule is Cl.Cl.NC1(c2ccc(F)cc2)CCNCC1. The summed E-state index contributed by atoms with van der Waals surface area (Å²) in [4.78, 5) is 0. The van der Waals surface area contributed by atoms with E-state index in [-0.39, 0.29) is 36.2 Å². The van der Waals surface area contributed by atoms with Gasteiger partial charge in [-0.25, -0.2) is 4.39 Å². The quantitative estimate of drug-likeness (QED) is 0.818. The van der Waals surface area contributed by atoms with Crippen molar-refractivity contribution in [3.8, 4) is 0 Å². The molecule has 1 aromatic carbocycles. The minimum absolute atomic E-state index is 0. The van der Waals surface area contributed by atoms with E-state index in [1.54, 1.807) is 12.1 Å². The molecule has 92 valence electrons. The predicted molar refractivity (Wildman–Crippen MR) is 68.9 cm³/mol. The van der Waals surface area contributed by atoms with Crippen molar-refractivity contribution in [3.63, 3.8) is 0 Å². The first-order valence-corrected chi connectivity index (χ1v) is 4.96. The van der Waals surface area contributed by atoms with Crippen molar-refractivity contribution in [2.45, 2.75) is 18.4 Å². The van der Waals surface area contributed by atoms with Crippen LogP contribution in [0.15, 0.2) is 24.3 Å². The molecule has 2 rings (SSSR count). The minimum atomic E-state index is -0.265. The molecule has 0 spiro atoms. The third-order valence-corrected chi connectivity index (χ3v) is 2.91. The molecule has 3 N–H and O–H groups in total. The lowest BCUT2D eigenvalue weighted by atomic mass is 9.82. The Labute approximate surface area is 108 Å². The Bertz CT molecular complexity index is 310. The molecule has 1 aromatic rings. The summed E-state index contributed by atoms with van der Waals surface area (Å²) in [7, 11) is 0. The molecule has 0 aromatic heterocycles. The third kappa shape index (κ3) is 3.32. The standard InChI is InChI=1S/C11H15FN2.2ClH/c12-10-3-1-9(2-4-10)11(13)5-7-14-8-6-11;;/h1-4,14H,5-8,13H2;2*1H. The third-order valence-electron chi connectivity index (χ3n) is 2.91. The van der Waals surface area contributed by atoms with Gasteiger partial charge in [0, 0.05) is 5.54 Å². The van der Waals surface area contributed by atoms with Crippen LogP contribution < -0.4 is 11.1 Å². The Morgan fingerprint density at radius 3 is 2.06 bits per heavy atom. The summed E-state index contributed by atoms with van der Waals surface area (Å²) in [5.74, 6) is -0.203. The number of benzene rings is 1. The van der Waals surface area contributed by atoms with Crippen LogP contribution in [-0.2, 0) is 5.54 Å². The van der Waals surface area contributed by atoms with E-state index in [2.05, 4.69) is 5.32 Å². The first kappa shape index (κ1) is 15.7. The van der Waals surface area contributed by atoms with Gasteiger partial charge in [0.1, 0.15) is 5.82 Å². The summed E-state index contributed by atoms with van der Waals surface area (Å²) in [5, 5.41) is 3.27. The van der Waals surface area contributed by atoms with Gasteiger partial charge in [-0.1, -0.05) is 12.1 Å². The zero-order valence-corrected chi connectivity index (χ0v) is 10.5. The normalized spacial score (nSPS) is 18.1. The number of nitrogens with two attached hydrogens (primary N) is 1. The van der Waals surface area contributed by atoms with E-state index in [4.69, 9.17) is 5.73 Å². The summed E-state index contributed by atoms with van der Waals surface area (Å²) in [6.45, 7) is 1.88. The van der Waals surface area contributed by atoms with Gasteiger partial charge >= 0.3 is 0 Å². The highest BCUT2D eigenvalue weighted by Gasteiger charge is 2.28. The van der Waals surface area contributed by atoms with E-state index in [1.807, 2.05) is 0 Å². The van der Waals surface area contributed by atoms with Gasteiger partial charge in [-0.15, -0.1) is 24.8 Å². The van der Waals surface area contributed by atoms with Crippen LogP contribution in [0, 0.1) is 5.82 Å². The Morgan fingerprint density at radius 2 is 1.56 bits per heavy atom. The van der Waals surface area contributed by atoms with E-state index in [1.165, 1.54) is 12.1 Å². The van der Waals surface area contributed by atoms with Crippen molar-refractivity contribution in [2.24, 2.45) is 5.73 Å². The molecule has 1 saturated heterocycles. The Balaban J connectivity index is 0.00000112. The Hall–Kier alpha value is -0.350. The second-order valence-corrected chi connectivity index (χ2v) is 3.91. The van der Waals surface area contributed by atoms with Crippen LogP contribution in [0.3, 0.4) is 0 Å². The van der Waals surface area contributed by atoms with Gasteiger partial charge in [-0.3, -0.25) is 0 Å². The number of nitrogens with one attached hydrogen (secondary N) is 1. The van der Waals surface area contributed by atoms with E-state index < -0.39 is 0 Å². The maximum atomic E-state index is 12.7. The lowest BCUT2D eigenvalue weighted by molar-refractivity contribution is 0.317. The molecule has 1 aliphatic rings. The minimum Gasteiger partial charge on any atom is -0.321 e. The summed E-state index contributed by atoms with van der Waals surface area (Å²) >= 11 is 0. The zero-order chi connectivity index (χ0) is 10.0. The number of hydrogen-bond donors (Lipinski definition) is 2. The van der Waals surface area contributed by atoms with Crippen LogP contribution >= 0.6 is 24.8 Å². The van der Waals surface area contributed by atoms with Gasteiger partial charge in [0.2, 0.25) is 0 Å². The molecule has 0 bridgehead atoms. The van der Waals surface area contributed by atoms with Crippen molar-refractivity contribution in [2.75, 3.05) is 13.1 Å². The maximum Gasteiger partial charge on any atom is 0.123 e. The highest BCUT2D eigenvalue weighted by atomic mass is 35.5. The Kier molecular flexibility index (Phi) is 6.26. The van der Waals surface area contributed by atoms with Crippen molar-refractivity contribution in [1.82, 2.24) is 5.32 Å². The van der Waals surface area contributed by atoms with Crippen LogP contribution in [0.2, 0.25) is 0 Å². The molecule has 0 saturated carbocycles. The maximum absolute atomic E-state index is 12.7. The molecule has 1 fully saturated rings. The smallest absolute Gasteiger partial charge is 0.123 e.